The van der Waals surface area contributed by atoms with E-state index < -0.39 is 0 Å². The van der Waals surface area contributed by atoms with Gasteiger partial charge >= 0.3 is 11.9 Å². The molecule has 0 amide bonds. The summed E-state index contributed by atoms with van der Waals surface area (Å²) in [5.41, 5.74) is 0. The van der Waals surface area contributed by atoms with Crippen molar-refractivity contribution in [1.29, 1.82) is 0 Å². The van der Waals surface area contributed by atoms with Gasteiger partial charge in [0.25, 0.3) is 0 Å². The van der Waals surface area contributed by atoms with Crippen molar-refractivity contribution < 1.29 is 19.1 Å². The van der Waals surface area contributed by atoms with Crippen molar-refractivity contribution in [2.75, 3.05) is 33.9 Å². The lowest BCUT2D eigenvalue weighted by molar-refractivity contribution is -0.141. The Balaban J connectivity index is 4.15. The standard InChI is InChI=1S/C13H25NO4/c1-5-11(2)10-14(8-6-12(15)17-3)9-7-13(16)18-4/h11H,5-10H2,1-4H3. The summed E-state index contributed by atoms with van der Waals surface area (Å²) in [4.78, 5) is 24.4. The number of hydrogen-bond acceptors (Lipinski definition) is 5. The largest absolute Gasteiger partial charge is 0.469 e. The van der Waals surface area contributed by atoms with Gasteiger partial charge in [0.2, 0.25) is 0 Å². The molecule has 1 unspecified atom stereocenters. The molecular formula is C13H25NO4. The van der Waals surface area contributed by atoms with Gasteiger partial charge in [0.05, 0.1) is 27.1 Å². The zero-order chi connectivity index (χ0) is 14.0. The summed E-state index contributed by atoms with van der Waals surface area (Å²) in [7, 11) is 2.77. The predicted octanol–water partition coefficient (Wildman–Crippen LogP) is 1.46. The minimum atomic E-state index is -0.220. The van der Waals surface area contributed by atoms with Gasteiger partial charge in [-0.1, -0.05) is 20.3 Å². The Morgan fingerprint density at radius 3 is 1.83 bits per heavy atom. The summed E-state index contributed by atoms with van der Waals surface area (Å²) in [6.07, 6.45) is 1.79. The molecule has 18 heavy (non-hydrogen) atoms. The van der Waals surface area contributed by atoms with Crippen LogP contribution in [-0.2, 0) is 19.1 Å². The normalized spacial score (nSPS) is 12.3. The van der Waals surface area contributed by atoms with E-state index in [4.69, 9.17) is 0 Å². The molecule has 0 saturated heterocycles. The molecule has 0 aromatic heterocycles. The molecule has 1 atom stereocenters. The smallest absolute Gasteiger partial charge is 0.306 e. The highest BCUT2D eigenvalue weighted by molar-refractivity contribution is 5.70. The van der Waals surface area contributed by atoms with E-state index in [1.54, 1.807) is 0 Å². The molecule has 0 aromatic carbocycles. The van der Waals surface area contributed by atoms with Crippen LogP contribution in [0.2, 0.25) is 0 Å². The van der Waals surface area contributed by atoms with Gasteiger partial charge in [0.1, 0.15) is 0 Å². The van der Waals surface area contributed by atoms with E-state index in [-0.39, 0.29) is 11.9 Å². The highest BCUT2D eigenvalue weighted by Gasteiger charge is 2.13. The first-order valence-corrected chi connectivity index (χ1v) is 6.39. The Hall–Kier alpha value is -1.10. The number of rotatable bonds is 9. The van der Waals surface area contributed by atoms with Crippen LogP contribution in [0.4, 0.5) is 0 Å². The van der Waals surface area contributed by atoms with Crippen LogP contribution in [-0.4, -0.2) is 50.7 Å². The highest BCUT2D eigenvalue weighted by Crippen LogP contribution is 2.06. The lowest BCUT2D eigenvalue weighted by Crippen LogP contribution is -2.33. The summed E-state index contributed by atoms with van der Waals surface area (Å²) in [6, 6.07) is 0. The third-order valence-corrected chi connectivity index (χ3v) is 2.99. The highest BCUT2D eigenvalue weighted by atomic mass is 16.5. The Morgan fingerprint density at radius 1 is 1.06 bits per heavy atom. The topological polar surface area (TPSA) is 55.8 Å². The molecule has 0 fully saturated rings. The zero-order valence-corrected chi connectivity index (χ0v) is 11.9. The molecule has 5 nitrogen and oxygen atoms in total. The fourth-order valence-electron chi connectivity index (χ4n) is 1.57. The summed E-state index contributed by atoms with van der Waals surface area (Å²) in [5.74, 6) is 0.102. The zero-order valence-electron chi connectivity index (χ0n) is 11.9. The minimum absolute atomic E-state index is 0.220. The molecule has 0 N–H and O–H groups in total. The fourth-order valence-corrected chi connectivity index (χ4v) is 1.57. The molecule has 106 valence electrons. The molecule has 0 rings (SSSR count). The van der Waals surface area contributed by atoms with Crippen LogP contribution in [0.3, 0.4) is 0 Å². The van der Waals surface area contributed by atoms with Crippen LogP contribution in [0.25, 0.3) is 0 Å². The van der Waals surface area contributed by atoms with Crippen molar-refractivity contribution in [2.24, 2.45) is 5.92 Å². The molecule has 0 aliphatic heterocycles. The molecule has 0 aliphatic rings. The lowest BCUT2D eigenvalue weighted by Gasteiger charge is -2.24. The Bertz CT molecular complexity index is 235. The Labute approximate surface area is 109 Å². The Morgan fingerprint density at radius 2 is 1.50 bits per heavy atom. The van der Waals surface area contributed by atoms with Gasteiger partial charge < -0.3 is 14.4 Å². The molecule has 0 aromatic rings. The van der Waals surface area contributed by atoms with Crippen molar-refractivity contribution in [3.63, 3.8) is 0 Å². The van der Waals surface area contributed by atoms with E-state index in [2.05, 4.69) is 28.2 Å². The summed E-state index contributed by atoms with van der Waals surface area (Å²) >= 11 is 0. The number of carbonyl (C=O) groups excluding carboxylic acids is 2. The molecule has 0 bridgehead atoms. The van der Waals surface area contributed by atoms with Gasteiger partial charge in [-0.05, 0) is 5.92 Å². The lowest BCUT2D eigenvalue weighted by atomic mass is 10.1. The van der Waals surface area contributed by atoms with Crippen LogP contribution < -0.4 is 0 Å². The first-order chi connectivity index (χ1) is 8.53. The number of esters is 2. The quantitative estimate of drug-likeness (QED) is 0.587. The van der Waals surface area contributed by atoms with Crippen LogP contribution in [0.1, 0.15) is 33.1 Å². The van der Waals surface area contributed by atoms with E-state index in [0.717, 1.165) is 13.0 Å². The van der Waals surface area contributed by atoms with E-state index in [0.29, 0.717) is 31.8 Å². The maximum absolute atomic E-state index is 11.1. The molecule has 0 spiro atoms. The van der Waals surface area contributed by atoms with E-state index in [1.165, 1.54) is 14.2 Å². The van der Waals surface area contributed by atoms with Crippen LogP contribution in [0.5, 0.6) is 0 Å². The SMILES string of the molecule is CCC(C)CN(CCC(=O)OC)CCC(=O)OC. The van der Waals surface area contributed by atoms with E-state index in [9.17, 15) is 9.59 Å². The summed E-state index contributed by atoms with van der Waals surface area (Å²) in [5, 5.41) is 0. The van der Waals surface area contributed by atoms with Crippen LogP contribution in [0, 0.1) is 5.92 Å². The second kappa shape index (κ2) is 9.88. The summed E-state index contributed by atoms with van der Waals surface area (Å²) in [6.45, 7) is 6.40. The first-order valence-electron chi connectivity index (χ1n) is 6.39. The maximum Gasteiger partial charge on any atom is 0.306 e. The predicted molar refractivity (Wildman–Crippen MR) is 69.2 cm³/mol. The second-order valence-corrected chi connectivity index (χ2v) is 4.47. The average molecular weight is 259 g/mol. The first kappa shape index (κ1) is 16.9. The number of methoxy groups -OCH3 is 2. The van der Waals surface area contributed by atoms with E-state index in [1.807, 2.05) is 0 Å². The van der Waals surface area contributed by atoms with Gasteiger partial charge in [0, 0.05) is 19.6 Å². The minimum Gasteiger partial charge on any atom is -0.469 e. The van der Waals surface area contributed by atoms with Gasteiger partial charge in [0.15, 0.2) is 0 Å². The van der Waals surface area contributed by atoms with Crippen LogP contribution in [0.15, 0.2) is 0 Å². The number of nitrogens with zero attached hydrogens (tertiary/aromatic N) is 1. The molecule has 0 radical (unpaired) electrons. The molecule has 0 aliphatic carbocycles. The van der Waals surface area contributed by atoms with Crippen molar-refractivity contribution in [1.82, 2.24) is 4.90 Å². The molecule has 0 saturated carbocycles. The number of hydrogen-bond donors (Lipinski definition) is 0. The van der Waals surface area contributed by atoms with Crippen molar-refractivity contribution in [3.8, 4) is 0 Å². The van der Waals surface area contributed by atoms with Crippen molar-refractivity contribution >= 4 is 11.9 Å². The van der Waals surface area contributed by atoms with Gasteiger partial charge in [-0.3, -0.25) is 9.59 Å². The van der Waals surface area contributed by atoms with Gasteiger partial charge in [-0.25, -0.2) is 0 Å². The van der Waals surface area contributed by atoms with Crippen molar-refractivity contribution in [2.45, 2.75) is 33.1 Å². The van der Waals surface area contributed by atoms with Crippen molar-refractivity contribution in [3.05, 3.63) is 0 Å². The number of carbonyl (C=O) groups is 2. The second-order valence-electron chi connectivity index (χ2n) is 4.47. The maximum atomic E-state index is 11.1. The van der Waals surface area contributed by atoms with Crippen LogP contribution >= 0.6 is 0 Å². The molecular weight excluding hydrogens is 234 g/mol. The van der Waals surface area contributed by atoms with Gasteiger partial charge in [-0.15, -0.1) is 0 Å². The third kappa shape index (κ3) is 8.06. The van der Waals surface area contributed by atoms with E-state index >= 15 is 0 Å². The number of ether oxygens (including phenoxy) is 2. The Kier molecular flexibility index (Phi) is 9.28. The molecule has 5 heteroatoms. The third-order valence-electron chi connectivity index (χ3n) is 2.99. The molecule has 0 heterocycles. The van der Waals surface area contributed by atoms with Gasteiger partial charge in [-0.2, -0.15) is 0 Å². The monoisotopic (exact) mass is 259 g/mol. The summed E-state index contributed by atoms with van der Waals surface area (Å²) < 4.78 is 9.24. The average Bonchev–Trinajstić information content (AvgIpc) is 2.40. The fraction of sp³-hybridized carbons (Fsp3) is 0.846.